The summed E-state index contributed by atoms with van der Waals surface area (Å²) in [6.45, 7) is 4.78. The lowest BCUT2D eigenvalue weighted by atomic mass is 10.2. The number of amides is 1. The number of thioether (sulfide) groups is 1. The molecule has 3 nitrogen and oxygen atoms in total. The van der Waals surface area contributed by atoms with Crippen LogP contribution in [-0.4, -0.2) is 24.8 Å². The molecule has 0 atom stereocenters. The molecule has 1 N–H and O–H groups in total. The van der Waals surface area contributed by atoms with Gasteiger partial charge in [0.2, 0.25) is 0 Å². The van der Waals surface area contributed by atoms with Crippen LogP contribution in [0.4, 0.5) is 0 Å². The highest BCUT2D eigenvalue weighted by Gasteiger charge is 2.02. The van der Waals surface area contributed by atoms with E-state index in [-0.39, 0.29) is 12.5 Å². The quantitative estimate of drug-likeness (QED) is 0.627. The maximum atomic E-state index is 11.7. The molecule has 22 heavy (non-hydrogen) atoms. The average Bonchev–Trinajstić information content (AvgIpc) is 2.53. The Labute approximate surface area is 136 Å². The van der Waals surface area contributed by atoms with Crippen molar-refractivity contribution >= 4 is 17.7 Å². The van der Waals surface area contributed by atoms with Gasteiger partial charge in [-0.25, -0.2) is 0 Å². The summed E-state index contributed by atoms with van der Waals surface area (Å²) in [6, 6.07) is 16.1. The van der Waals surface area contributed by atoms with Gasteiger partial charge in [-0.1, -0.05) is 35.4 Å². The fourth-order valence-corrected chi connectivity index (χ4v) is 2.60. The van der Waals surface area contributed by atoms with E-state index >= 15 is 0 Å². The van der Waals surface area contributed by atoms with E-state index in [1.54, 1.807) is 11.8 Å². The number of ether oxygens (including phenoxy) is 1. The zero-order valence-electron chi connectivity index (χ0n) is 13.0. The van der Waals surface area contributed by atoms with Crippen LogP contribution in [-0.2, 0) is 4.79 Å². The Morgan fingerprint density at radius 2 is 1.59 bits per heavy atom. The van der Waals surface area contributed by atoms with Gasteiger partial charge in [-0.3, -0.25) is 4.79 Å². The highest BCUT2D eigenvalue weighted by atomic mass is 32.2. The van der Waals surface area contributed by atoms with E-state index in [2.05, 4.69) is 36.5 Å². The molecule has 0 aliphatic carbocycles. The van der Waals surface area contributed by atoms with E-state index in [4.69, 9.17) is 4.74 Å². The van der Waals surface area contributed by atoms with Crippen molar-refractivity contribution < 1.29 is 9.53 Å². The molecule has 2 aromatic carbocycles. The molecule has 0 aliphatic rings. The van der Waals surface area contributed by atoms with Crippen LogP contribution in [0.25, 0.3) is 0 Å². The Hall–Kier alpha value is -1.94. The Kier molecular flexibility index (Phi) is 6.34. The second kappa shape index (κ2) is 8.49. The third kappa shape index (κ3) is 5.82. The predicted molar refractivity (Wildman–Crippen MR) is 91.6 cm³/mol. The highest BCUT2D eigenvalue weighted by molar-refractivity contribution is 7.99. The summed E-state index contributed by atoms with van der Waals surface area (Å²) in [5.41, 5.74) is 2.43. The Morgan fingerprint density at radius 1 is 1.00 bits per heavy atom. The Balaban J connectivity index is 1.61. The Morgan fingerprint density at radius 3 is 2.23 bits per heavy atom. The van der Waals surface area contributed by atoms with Gasteiger partial charge in [0.1, 0.15) is 5.75 Å². The lowest BCUT2D eigenvalue weighted by molar-refractivity contribution is -0.122. The van der Waals surface area contributed by atoms with Crippen LogP contribution in [0.1, 0.15) is 11.1 Å². The first kappa shape index (κ1) is 16.4. The van der Waals surface area contributed by atoms with Gasteiger partial charge >= 0.3 is 0 Å². The summed E-state index contributed by atoms with van der Waals surface area (Å²) in [5.74, 6) is 1.47. The summed E-state index contributed by atoms with van der Waals surface area (Å²) < 4.78 is 5.43. The second-order valence-corrected chi connectivity index (χ2v) is 6.28. The summed E-state index contributed by atoms with van der Waals surface area (Å²) in [6.07, 6.45) is 0. The van der Waals surface area contributed by atoms with Crippen molar-refractivity contribution in [3.05, 3.63) is 59.7 Å². The number of rotatable bonds is 7. The highest BCUT2D eigenvalue weighted by Crippen LogP contribution is 2.17. The van der Waals surface area contributed by atoms with Crippen molar-refractivity contribution in [3.8, 4) is 5.75 Å². The molecule has 0 saturated carbocycles. The number of hydrogen-bond acceptors (Lipinski definition) is 3. The minimum Gasteiger partial charge on any atom is -0.484 e. The molecular formula is C18H21NO2S. The molecule has 2 rings (SSSR count). The van der Waals surface area contributed by atoms with E-state index in [0.717, 1.165) is 11.5 Å². The van der Waals surface area contributed by atoms with Gasteiger partial charge in [-0.15, -0.1) is 11.8 Å². The van der Waals surface area contributed by atoms with Crippen LogP contribution >= 0.6 is 11.8 Å². The molecule has 116 valence electrons. The van der Waals surface area contributed by atoms with Crippen molar-refractivity contribution in [2.24, 2.45) is 0 Å². The molecule has 0 radical (unpaired) electrons. The van der Waals surface area contributed by atoms with E-state index in [1.165, 1.54) is 16.0 Å². The zero-order valence-corrected chi connectivity index (χ0v) is 13.8. The summed E-state index contributed by atoms with van der Waals surface area (Å²) in [4.78, 5) is 12.9. The van der Waals surface area contributed by atoms with Crippen LogP contribution in [0.5, 0.6) is 5.75 Å². The third-order valence-corrected chi connectivity index (χ3v) is 4.12. The number of aryl methyl sites for hydroxylation is 2. The maximum Gasteiger partial charge on any atom is 0.257 e. The maximum absolute atomic E-state index is 11.7. The SMILES string of the molecule is Cc1ccc(OCC(=O)NCCSc2ccc(C)cc2)cc1. The van der Waals surface area contributed by atoms with E-state index < -0.39 is 0 Å². The first-order chi connectivity index (χ1) is 10.6. The standard InChI is InChI=1S/C18H21NO2S/c1-14-3-7-16(8-4-14)21-13-18(20)19-11-12-22-17-9-5-15(2)6-10-17/h3-10H,11-13H2,1-2H3,(H,19,20). The normalized spacial score (nSPS) is 10.3. The van der Waals surface area contributed by atoms with Crippen LogP contribution in [0, 0.1) is 13.8 Å². The van der Waals surface area contributed by atoms with Gasteiger partial charge in [0.15, 0.2) is 6.61 Å². The molecule has 0 fully saturated rings. The van der Waals surface area contributed by atoms with Crippen molar-refractivity contribution in [2.45, 2.75) is 18.7 Å². The third-order valence-electron chi connectivity index (χ3n) is 3.10. The van der Waals surface area contributed by atoms with Gasteiger partial charge in [-0.05, 0) is 38.1 Å². The number of nitrogens with one attached hydrogen (secondary N) is 1. The van der Waals surface area contributed by atoms with Gasteiger partial charge < -0.3 is 10.1 Å². The fraction of sp³-hybridized carbons (Fsp3) is 0.278. The fourth-order valence-electron chi connectivity index (χ4n) is 1.83. The Bertz CT molecular complexity index is 593. The molecule has 0 spiro atoms. The lowest BCUT2D eigenvalue weighted by Crippen LogP contribution is -2.30. The average molecular weight is 315 g/mol. The van der Waals surface area contributed by atoms with Crippen molar-refractivity contribution in [1.82, 2.24) is 5.32 Å². The number of carbonyl (C=O) groups is 1. The van der Waals surface area contributed by atoms with Crippen LogP contribution in [0.15, 0.2) is 53.4 Å². The number of carbonyl (C=O) groups excluding carboxylic acids is 1. The molecule has 0 aromatic heterocycles. The second-order valence-electron chi connectivity index (χ2n) is 5.11. The molecule has 0 heterocycles. The van der Waals surface area contributed by atoms with Crippen molar-refractivity contribution in [2.75, 3.05) is 18.9 Å². The zero-order chi connectivity index (χ0) is 15.8. The van der Waals surface area contributed by atoms with Crippen LogP contribution in [0.2, 0.25) is 0 Å². The summed E-state index contributed by atoms with van der Waals surface area (Å²) in [5, 5.41) is 2.86. The molecule has 0 saturated heterocycles. The molecule has 0 unspecified atom stereocenters. The first-order valence-corrected chi connectivity index (χ1v) is 8.28. The van der Waals surface area contributed by atoms with Crippen molar-refractivity contribution in [3.63, 3.8) is 0 Å². The molecule has 4 heteroatoms. The van der Waals surface area contributed by atoms with E-state index in [1.807, 2.05) is 31.2 Å². The molecule has 0 bridgehead atoms. The minimum absolute atomic E-state index is 0.0538. The molecule has 2 aromatic rings. The summed E-state index contributed by atoms with van der Waals surface area (Å²) >= 11 is 1.73. The van der Waals surface area contributed by atoms with Gasteiger partial charge in [0, 0.05) is 17.2 Å². The van der Waals surface area contributed by atoms with Crippen LogP contribution in [0.3, 0.4) is 0 Å². The smallest absolute Gasteiger partial charge is 0.257 e. The van der Waals surface area contributed by atoms with E-state index in [9.17, 15) is 4.79 Å². The molecular weight excluding hydrogens is 294 g/mol. The number of benzene rings is 2. The van der Waals surface area contributed by atoms with E-state index in [0.29, 0.717) is 6.54 Å². The molecule has 0 aliphatic heterocycles. The number of hydrogen-bond donors (Lipinski definition) is 1. The summed E-state index contributed by atoms with van der Waals surface area (Å²) in [7, 11) is 0. The van der Waals surface area contributed by atoms with Gasteiger partial charge in [-0.2, -0.15) is 0 Å². The van der Waals surface area contributed by atoms with Crippen molar-refractivity contribution in [1.29, 1.82) is 0 Å². The predicted octanol–water partition coefficient (Wildman–Crippen LogP) is 3.59. The van der Waals surface area contributed by atoms with Crippen LogP contribution < -0.4 is 10.1 Å². The minimum atomic E-state index is -0.0925. The van der Waals surface area contributed by atoms with Gasteiger partial charge in [0.05, 0.1) is 0 Å². The monoisotopic (exact) mass is 315 g/mol. The largest absolute Gasteiger partial charge is 0.484 e. The van der Waals surface area contributed by atoms with Gasteiger partial charge in [0.25, 0.3) is 5.91 Å². The topological polar surface area (TPSA) is 38.3 Å². The lowest BCUT2D eigenvalue weighted by Gasteiger charge is -2.08. The molecule has 1 amide bonds. The first-order valence-electron chi connectivity index (χ1n) is 7.29.